The minimum absolute atomic E-state index is 0. The lowest BCUT2D eigenvalue weighted by Crippen LogP contribution is -2.49. The molecule has 6 heterocycles. The Hall–Kier alpha value is -8.64. The van der Waals surface area contributed by atoms with Gasteiger partial charge in [-0.25, -0.2) is 29.3 Å². The van der Waals surface area contributed by atoms with Gasteiger partial charge in [-0.05, 0) is 112 Å². The third-order valence-corrected chi connectivity index (χ3v) is 22.2. The van der Waals surface area contributed by atoms with E-state index in [-0.39, 0.29) is 86.1 Å². The van der Waals surface area contributed by atoms with Crippen molar-refractivity contribution < 1.29 is 47.6 Å². The number of anilines is 8. The summed E-state index contributed by atoms with van der Waals surface area (Å²) in [6.07, 6.45) is 26.0. The van der Waals surface area contributed by atoms with E-state index in [1.165, 1.54) is 40.2 Å². The Bertz CT molecular complexity index is 4200. The molecule has 3 aliphatic heterocycles. The van der Waals surface area contributed by atoms with E-state index < -0.39 is 0 Å². The standard InChI is InChI=1S/C27H33ClN6O4.C24H31ClN6O3.C18H18Cl2N4O3.C6H14N2.CH4/c1-4-23(35)30-19-7-5-6-8-20(19)31-26-29-13-17-15-33(21-11-18(37-2)12-22(38-3)24(21)28)27(36)34(25(17)32-26)14-16-9-10-16;1-33-16-9-19(21(25)20(10-16)34-2)30-13-15-11-27-23(28-18-6-4-3-5-17(18)26)29-22(15)31(24(30)32)12-14-7-8-14;1-26-12-5-13(15(19)14(6-12)27-2)23-9-11-7-21-17(20)22-16(11)24(18(23)25)8-10-3-4-10;7-5-3-1-2-4-6(5)8;/h4,11-13,16,19-20H,1,5-10,14-15H2,2-3H3,(H,30,35)(H,29,31,32);9-11,14,17-18H,3-8,12-13,26H2,1-2H3,(H,27,28,29);5-7,10H,3-4,8-9H2,1-2H3;5-6H,1-4,7-8H2;1H4. The minimum atomic E-state index is -0.208. The number of hydrogen-bond donors (Lipinski definition) is 6. The summed E-state index contributed by atoms with van der Waals surface area (Å²) >= 11 is 25.8. The Morgan fingerprint density at radius 2 is 0.796 bits per heavy atom. The molecule has 15 rings (SSSR count). The highest BCUT2D eigenvalue weighted by molar-refractivity contribution is 6.37. The van der Waals surface area contributed by atoms with Gasteiger partial charge in [0.2, 0.25) is 23.1 Å². The first-order valence-corrected chi connectivity index (χ1v) is 38.2. The summed E-state index contributed by atoms with van der Waals surface area (Å²) in [5, 5.41) is 11.0. The largest absolute Gasteiger partial charge is 0.497 e. The molecule has 108 heavy (non-hydrogen) atoms. The monoisotopic (exact) mass is 1560 g/mol. The highest BCUT2D eigenvalue weighted by atomic mass is 35.5. The van der Waals surface area contributed by atoms with Crippen LogP contribution in [0.2, 0.25) is 20.4 Å². The summed E-state index contributed by atoms with van der Waals surface area (Å²) in [7, 11) is 9.26. The molecule has 6 fully saturated rings. The summed E-state index contributed by atoms with van der Waals surface area (Å²) in [4.78, 5) is 90.1. The molecule has 9 N–H and O–H groups in total. The Morgan fingerprint density at radius 1 is 0.463 bits per heavy atom. The molecule has 6 saturated carbocycles. The number of fused-ring (bicyclic) bond motifs is 3. The van der Waals surface area contributed by atoms with Gasteiger partial charge in [-0.1, -0.05) is 87.3 Å². The predicted molar refractivity (Wildman–Crippen MR) is 423 cm³/mol. The molecule has 0 radical (unpaired) electrons. The van der Waals surface area contributed by atoms with Crippen LogP contribution in [0.4, 0.5) is 60.8 Å². The number of nitrogens with two attached hydrogens (primary N) is 3. The summed E-state index contributed by atoms with van der Waals surface area (Å²) in [5.74, 6) is 6.93. The van der Waals surface area contributed by atoms with Crippen LogP contribution in [0, 0.1) is 17.8 Å². The van der Waals surface area contributed by atoms with Crippen molar-refractivity contribution >= 4 is 117 Å². The first kappa shape index (κ1) is 80.4. The van der Waals surface area contributed by atoms with Crippen LogP contribution < -0.4 is 91.0 Å². The van der Waals surface area contributed by atoms with E-state index in [1.807, 2.05) is 0 Å². The molecule has 6 aromatic rings. The van der Waals surface area contributed by atoms with Crippen LogP contribution in [-0.2, 0) is 24.4 Å². The number of hydrogen-bond acceptors (Lipinski definition) is 21. The molecule has 28 nitrogen and oxygen atoms in total. The van der Waals surface area contributed by atoms with E-state index in [4.69, 9.17) is 102 Å². The molecule has 6 atom stereocenters. The van der Waals surface area contributed by atoms with Crippen molar-refractivity contribution in [2.45, 2.75) is 179 Å². The van der Waals surface area contributed by atoms with E-state index in [2.05, 4.69) is 42.5 Å². The molecule has 582 valence electrons. The van der Waals surface area contributed by atoms with Gasteiger partial charge >= 0.3 is 18.1 Å². The SMILES string of the molecule is C.C=CC(=O)NC1CCCCC1Nc1ncc2c(n1)N(CC1CC1)C(=O)N(c1cc(OC)cc(OC)c1Cl)C2.COc1cc(OC)c(Cl)c(N2Cc3cnc(Cl)nc3N(CC3CC3)C2=O)c1.COc1cc(OC)c(Cl)c(N2Cc3cnc(NC4CCCCC4N)nc3N(CC3CC3)C2=O)c1.NC1CCCCC1N. The molecule has 3 aromatic heterocycles. The Morgan fingerprint density at radius 3 is 1.14 bits per heavy atom. The average molecular weight is 1570 g/mol. The van der Waals surface area contributed by atoms with E-state index in [9.17, 15) is 19.2 Å². The van der Waals surface area contributed by atoms with Crippen molar-refractivity contribution in [3.8, 4) is 34.5 Å². The molecule has 32 heteroatoms. The second kappa shape index (κ2) is 36.3. The predicted octanol–water partition coefficient (Wildman–Crippen LogP) is 13.7. The van der Waals surface area contributed by atoms with E-state index >= 15 is 0 Å². The fraction of sp³-hybridized carbons (Fsp3) is 0.526. The maximum absolute atomic E-state index is 13.9. The lowest BCUT2D eigenvalue weighted by Gasteiger charge is -2.37. The third kappa shape index (κ3) is 19.0. The van der Waals surface area contributed by atoms with Gasteiger partial charge in [0, 0.05) is 128 Å². The van der Waals surface area contributed by atoms with Crippen LogP contribution in [-0.4, -0.2) is 152 Å². The van der Waals surface area contributed by atoms with Crippen molar-refractivity contribution in [2.24, 2.45) is 35.0 Å². The normalized spacial score (nSPS) is 21.5. The van der Waals surface area contributed by atoms with Crippen LogP contribution >= 0.6 is 46.4 Å². The summed E-state index contributed by atoms with van der Waals surface area (Å²) in [5.41, 5.74) is 21.6. The highest BCUT2D eigenvalue weighted by Gasteiger charge is 2.42. The van der Waals surface area contributed by atoms with Crippen LogP contribution in [0.1, 0.15) is 140 Å². The van der Waals surface area contributed by atoms with Gasteiger partial charge in [0.25, 0.3) is 0 Å². The Kier molecular flexibility index (Phi) is 27.0. The molecule has 3 aromatic carbocycles. The van der Waals surface area contributed by atoms with Gasteiger partial charge < -0.3 is 61.6 Å². The average Bonchev–Trinajstić information content (AvgIpc) is 1.76. The first-order valence-electron chi connectivity index (χ1n) is 36.7. The van der Waals surface area contributed by atoms with Crippen LogP contribution in [0.15, 0.2) is 67.6 Å². The van der Waals surface area contributed by atoms with Gasteiger partial charge in [0.1, 0.15) is 67.0 Å². The molecule has 6 unspecified atom stereocenters. The Labute approximate surface area is 651 Å². The lowest BCUT2D eigenvalue weighted by molar-refractivity contribution is -0.117. The summed E-state index contributed by atoms with van der Waals surface area (Å²) in [6.45, 7) is 6.17. The number of amides is 7. The van der Waals surface area contributed by atoms with Crippen molar-refractivity contribution in [3.63, 3.8) is 0 Å². The Balaban J connectivity index is 0.000000154. The van der Waals surface area contributed by atoms with E-state index in [0.717, 1.165) is 119 Å². The molecule has 0 spiro atoms. The third-order valence-electron chi connectivity index (χ3n) is 20.9. The molecule has 9 aliphatic rings. The molecule has 0 saturated heterocycles. The van der Waals surface area contributed by atoms with Crippen molar-refractivity contribution in [2.75, 3.05) is 102 Å². The smallest absolute Gasteiger partial charge is 0.330 e. The number of rotatable bonds is 21. The van der Waals surface area contributed by atoms with E-state index in [0.29, 0.717) is 140 Å². The quantitative estimate of drug-likeness (QED) is 0.0288. The number of benzene rings is 3. The molecular formula is C76H100Cl4N18O10. The zero-order chi connectivity index (χ0) is 75.7. The fourth-order valence-electron chi connectivity index (χ4n) is 14.1. The van der Waals surface area contributed by atoms with Gasteiger partial charge in [-0.15, -0.1) is 0 Å². The van der Waals surface area contributed by atoms with Crippen molar-refractivity contribution in [1.29, 1.82) is 0 Å². The van der Waals surface area contributed by atoms with Crippen molar-refractivity contribution in [3.05, 3.63) is 105 Å². The fourth-order valence-corrected chi connectivity index (χ4v) is 15.1. The van der Waals surface area contributed by atoms with Gasteiger partial charge in [-0.2, -0.15) is 15.0 Å². The number of urea groups is 3. The number of halogens is 4. The van der Waals surface area contributed by atoms with Crippen LogP contribution in [0.25, 0.3) is 0 Å². The van der Waals surface area contributed by atoms with Crippen molar-refractivity contribution in [1.82, 2.24) is 35.2 Å². The maximum atomic E-state index is 13.9. The number of carbonyl (C=O) groups excluding carboxylic acids is 4. The van der Waals surface area contributed by atoms with Crippen LogP contribution in [0.3, 0.4) is 0 Å². The number of carbonyl (C=O) groups is 4. The molecular weight excluding hydrogens is 1470 g/mol. The minimum Gasteiger partial charge on any atom is -0.497 e. The number of methoxy groups -OCH3 is 6. The van der Waals surface area contributed by atoms with Crippen LogP contribution in [0.5, 0.6) is 34.5 Å². The lowest BCUT2D eigenvalue weighted by atomic mass is 9.90. The van der Waals surface area contributed by atoms with Gasteiger partial charge in [-0.3, -0.25) is 34.2 Å². The van der Waals surface area contributed by atoms with Gasteiger partial charge in [0.05, 0.1) is 79.4 Å². The number of nitrogens with zero attached hydrogens (tertiary/aromatic N) is 12. The molecule has 0 bridgehead atoms. The maximum Gasteiger partial charge on any atom is 0.330 e. The van der Waals surface area contributed by atoms with Gasteiger partial charge in [0.15, 0.2) is 0 Å². The molecule has 7 amide bonds. The molecule has 6 aliphatic carbocycles. The zero-order valence-electron chi connectivity index (χ0n) is 61.3. The number of aromatic nitrogens is 6. The zero-order valence-corrected chi connectivity index (χ0v) is 64.4. The number of nitrogens with one attached hydrogen (secondary N) is 3. The highest BCUT2D eigenvalue weighted by Crippen LogP contribution is 2.47. The first-order chi connectivity index (χ1) is 51.7. The van der Waals surface area contributed by atoms with E-state index in [1.54, 1.807) is 106 Å². The second-order valence-electron chi connectivity index (χ2n) is 28.5. The topological polar surface area (TPSA) is 335 Å². The second-order valence-corrected chi connectivity index (χ2v) is 30.0. The summed E-state index contributed by atoms with van der Waals surface area (Å²) < 4.78 is 32.3. The number of ether oxygens (including phenoxy) is 6. The summed E-state index contributed by atoms with van der Waals surface area (Å²) in [6, 6.07) is 10.4.